The van der Waals surface area contributed by atoms with Crippen LogP contribution in [0.2, 0.25) is 0 Å². The fourth-order valence-corrected chi connectivity index (χ4v) is 2.21. The van der Waals surface area contributed by atoms with Crippen LogP contribution in [-0.2, 0) is 6.54 Å². The molecule has 0 saturated carbocycles. The van der Waals surface area contributed by atoms with Gasteiger partial charge in [0.05, 0.1) is 4.92 Å². The summed E-state index contributed by atoms with van der Waals surface area (Å²) in [6.07, 6.45) is 0.713. The van der Waals surface area contributed by atoms with Crippen molar-refractivity contribution in [2.45, 2.75) is 33.7 Å². The van der Waals surface area contributed by atoms with Crippen LogP contribution in [0.3, 0.4) is 0 Å². The number of aliphatic hydroxyl groups is 1. The first-order valence-electron chi connectivity index (χ1n) is 6.88. The van der Waals surface area contributed by atoms with E-state index in [1.54, 1.807) is 12.1 Å². The van der Waals surface area contributed by atoms with Gasteiger partial charge in [-0.25, -0.2) is 0 Å². The van der Waals surface area contributed by atoms with Gasteiger partial charge in [0.1, 0.15) is 0 Å². The van der Waals surface area contributed by atoms with Crippen LogP contribution in [0.25, 0.3) is 0 Å². The Kier molecular flexibility index (Phi) is 6.10. The van der Waals surface area contributed by atoms with E-state index in [-0.39, 0.29) is 22.6 Å². The van der Waals surface area contributed by atoms with E-state index in [1.165, 1.54) is 6.07 Å². The van der Waals surface area contributed by atoms with Gasteiger partial charge in [0.25, 0.3) is 5.69 Å². The number of hydrogen-bond acceptors (Lipinski definition) is 4. The molecule has 0 aliphatic carbocycles. The predicted molar refractivity (Wildman–Crippen MR) is 79.5 cm³/mol. The summed E-state index contributed by atoms with van der Waals surface area (Å²) < 4.78 is 0. The van der Waals surface area contributed by atoms with Crippen LogP contribution in [0.5, 0.6) is 0 Å². The third-order valence-electron chi connectivity index (χ3n) is 2.86. The van der Waals surface area contributed by atoms with Gasteiger partial charge in [0.2, 0.25) is 0 Å². The minimum atomic E-state index is -0.370. The molecule has 0 aromatic heterocycles. The maximum absolute atomic E-state index is 10.8. The first-order valence-corrected chi connectivity index (χ1v) is 6.88. The molecule has 0 atom stereocenters. The minimum Gasteiger partial charge on any atom is -0.396 e. The molecule has 0 radical (unpaired) electrons. The molecular formula is C15H24N2O3. The number of non-ortho nitro benzene ring substituents is 1. The zero-order valence-electron chi connectivity index (χ0n) is 12.5. The third kappa shape index (κ3) is 6.12. The fraction of sp³-hybridized carbons (Fsp3) is 0.600. The Morgan fingerprint density at radius 2 is 2.05 bits per heavy atom. The molecule has 0 heterocycles. The SMILES string of the molecule is CC(C)(C)CN(CCCO)Cc1cccc([N+](=O)[O-])c1. The molecule has 0 amide bonds. The Morgan fingerprint density at radius 3 is 2.60 bits per heavy atom. The van der Waals surface area contributed by atoms with Crippen LogP contribution < -0.4 is 0 Å². The molecule has 1 N–H and O–H groups in total. The number of aliphatic hydroxyl groups excluding tert-OH is 1. The Morgan fingerprint density at radius 1 is 1.35 bits per heavy atom. The van der Waals surface area contributed by atoms with Crippen molar-refractivity contribution in [2.75, 3.05) is 19.7 Å². The first kappa shape index (κ1) is 16.6. The molecule has 0 unspecified atom stereocenters. The van der Waals surface area contributed by atoms with Gasteiger partial charge in [0, 0.05) is 38.4 Å². The Labute approximate surface area is 120 Å². The van der Waals surface area contributed by atoms with Crippen LogP contribution in [-0.4, -0.2) is 34.6 Å². The molecule has 0 spiro atoms. The van der Waals surface area contributed by atoms with E-state index in [2.05, 4.69) is 25.7 Å². The summed E-state index contributed by atoms with van der Waals surface area (Å²) in [5.41, 5.74) is 1.21. The highest BCUT2D eigenvalue weighted by atomic mass is 16.6. The largest absolute Gasteiger partial charge is 0.396 e. The van der Waals surface area contributed by atoms with Gasteiger partial charge in [-0.15, -0.1) is 0 Å². The highest BCUT2D eigenvalue weighted by molar-refractivity contribution is 5.34. The van der Waals surface area contributed by atoms with Crippen molar-refractivity contribution in [1.29, 1.82) is 0 Å². The standard InChI is InChI=1S/C15H24N2O3/c1-15(2,3)12-16(8-5-9-18)11-13-6-4-7-14(10-13)17(19)20/h4,6-7,10,18H,5,8-9,11-12H2,1-3H3. The van der Waals surface area contributed by atoms with Crippen molar-refractivity contribution in [1.82, 2.24) is 4.90 Å². The van der Waals surface area contributed by atoms with E-state index < -0.39 is 0 Å². The molecule has 1 aromatic rings. The van der Waals surface area contributed by atoms with Crippen molar-refractivity contribution in [2.24, 2.45) is 5.41 Å². The summed E-state index contributed by atoms with van der Waals surface area (Å²) in [6.45, 7) is 8.98. The Bertz CT molecular complexity index is 441. The predicted octanol–water partition coefficient (Wildman–Crippen LogP) is 2.83. The van der Waals surface area contributed by atoms with Crippen molar-refractivity contribution in [3.8, 4) is 0 Å². The monoisotopic (exact) mass is 280 g/mol. The average molecular weight is 280 g/mol. The van der Waals surface area contributed by atoms with Crippen LogP contribution in [0.1, 0.15) is 32.8 Å². The second-order valence-corrected chi connectivity index (χ2v) is 6.28. The van der Waals surface area contributed by atoms with Gasteiger partial charge in [-0.1, -0.05) is 32.9 Å². The van der Waals surface area contributed by atoms with E-state index in [0.29, 0.717) is 13.0 Å². The Hall–Kier alpha value is -1.46. The molecule has 0 bridgehead atoms. The van der Waals surface area contributed by atoms with E-state index in [0.717, 1.165) is 18.7 Å². The lowest BCUT2D eigenvalue weighted by atomic mass is 9.95. The topological polar surface area (TPSA) is 66.6 Å². The highest BCUT2D eigenvalue weighted by Gasteiger charge is 2.17. The maximum Gasteiger partial charge on any atom is 0.269 e. The molecule has 0 saturated heterocycles. The van der Waals surface area contributed by atoms with Crippen LogP contribution >= 0.6 is 0 Å². The molecule has 1 aromatic carbocycles. The molecule has 0 aliphatic rings. The van der Waals surface area contributed by atoms with Crippen LogP contribution in [0.15, 0.2) is 24.3 Å². The molecular weight excluding hydrogens is 256 g/mol. The first-order chi connectivity index (χ1) is 9.31. The fourth-order valence-electron chi connectivity index (χ4n) is 2.21. The van der Waals surface area contributed by atoms with E-state index in [4.69, 9.17) is 5.11 Å². The van der Waals surface area contributed by atoms with Gasteiger partial charge >= 0.3 is 0 Å². The number of nitro groups is 1. The van der Waals surface area contributed by atoms with E-state index in [1.807, 2.05) is 6.07 Å². The molecule has 5 nitrogen and oxygen atoms in total. The Balaban J connectivity index is 2.77. The lowest BCUT2D eigenvalue weighted by Crippen LogP contribution is -2.33. The van der Waals surface area contributed by atoms with Gasteiger partial charge < -0.3 is 5.11 Å². The lowest BCUT2D eigenvalue weighted by Gasteiger charge is -2.29. The molecule has 1 rings (SSSR count). The minimum absolute atomic E-state index is 0.125. The summed E-state index contributed by atoms with van der Waals surface area (Å²) in [4.78, 5) is 12.7. The number of hydrogen-bond donors (Lipinski definition) is 1. The number of nitrogens with zero attached hydrogens (tertiary/aromatic N) is 2. The van der Waals surface area contributed by atoms with E-state index >= 15 is 0 Å². The smallest absolute Gasteiger partial charge is 0.269 e. The molecule has 0 aliphatic heterocycles. The van der Waals surface area contributed by atoms with E-state index in [9.17, 15) is 10.1 Å². The summed E-state index contributed by atoms with van der Waals surface area (Å²) >= 11 is 0. The second kappa shape index (κ2) is 7.36. The average Bonchev–Trinajstić information content (AvgIpc) is 2.34. The normalized spacial score (nSPS) is 11.8. The zero-order valence-corrected chi connectivity index (χ0v) is 12.5. The molecule has 0 fully saturated rings. The van der Waals surface area contributed by atoms with Crippen molar-refractivity contribution < 1.29 is 10.0 Å². The summed E-state index contributed by atoms with van der Waals surface area (Å²) in [7, 11) is 0. The third-order valence-corrected chi connectivity index (χ3v) is 2.86. The van der Waals surface area contributed by atoms with Crippen LogP contribution in [0, 0.1) is 15.5 Å². The van der Waals surface area contributed by atoms with Crippen LogP contribution in [0.4, 0.5) is 5.69 Å². The molecule has 112 valence electrons. The van der Waals surface area contributed by atoms with Gasteiger partial charge in [-0.2, -0.15) is 0 Å². The molecule has 5 heteroatoms. The van der Waals surface area contributed by atoms with Crippen molar-refractivity contribution in [3.05, 3.63) is 39.9 Å². The maximum atomic E-state index is 10.8. The summed E-state index contributed by atoms with van der Waals surface area (Å²) in [5.74, 6) is 0. The number of rotatable bonds is 7. The number of nitro benzene ring substituents is 1. The second-order valence-electron chi connectivity index (χ2n) is 6.28. The quantitative estimate of drug-likeness (QED) is 0.616. The van der Waals surface area contributed by atoms with Crippen molar-refractivity contribution in [3.63, 3.8) is 0 Å². The van der Waals surface area contributed by atoms with Crippen molar-refractivity contribution >= 4 is 5.69 Å². The number of benzene rings is 1. The molecule has 20 heavy (non-hydrogen) atoms. The zero-order chi connectivity index (χ0) is 15.2. The van der Waals surface area contributed by atoms with Gasteiger partial charge in [-0.3, -0.25) is 15.0 Å². The van der Waals surface area contributed by atoms with Gasteiger partial charge in [-0.05, 0) is 17.4 Å². The summed E-state index contributed by atoms with van der Waals surface area (Å²) in [6, 6.07) is 6.75. The summed E-state index contributed by atoms with van der Waals surface area (Å²) in [5, 5.41) is 19.8. The van der Waals surface area contributed by atoms with Gasteiger partial charge in [0.15, 0.2) is 0 Å². The highest BCUT2D eigenvalue weighted by Crippen LogP contribution is 2.19. The lowest BCUT2D eigenvalue weighted by molar-refractivity contribution is -0.384.